The summed E-state index contributed by atoms with van der Waals surface area (Å²) in [6.45, 7) is 6.59. The molecule has 1 aliphatic carbocycles. The fraction of sp³-hybridized carbons (Fsp3) is 0.484. The van der Waals surface area contributed by atoms with E-state index < -0.39 is 29.6 Å². The Labute approximate surface area is 229 Å². The molecule has 204 valence electrons. The normalized spacial score (nSPS) is 34.7. The van der Waals surface area contributed by atoms with Gasteiger partial charge in [0.25, 0.3) is 0 Å². The van der Waals surface area contributed by atoms with Crippen molar-refractivity contribution in [2.75, 3.05) is 5.32 Å². The van der Waals surface area contributed by atoms with Crippen LogP contribution in [0.3, 0.4) is 0 Å². The van der Waals surface area contributed by atoms with Crippen molar-refractivity contribution in [3.8, 4) is 0 Å². The number of hydrogen-bond acceptors (Lipinski definition) is 5. The number of amides is 3. The zero-order valence-corrected chi connectivity index (χ0v) is 22.7. The first-order chi connectivity index (χ1) is 18.8. The van der Waals surface area contributed by atoms with Gasteiger partial charge < -0.3 is 20.3 Å². The molecule has 39 heavy (non-hydrogen) atoms. The molecule has 8 heteroatoms. The molecule has 1 aromatic heterocycles. The van der Waals surface area contributed by atoms with Crippen molar-refractivity contribution in [3.63, 3.8) is 0 Å². The fourth-order valence-electron chi connectivity index (χ4n) is 7.12. The fourth-order valence-corrected chi connectivity index (χ4v) is 7.12. The van der Waals surface area contributed by atoms with Crippen LogP contribution in [0.25, 0.3) is 0 Å². The second-order valence-corrected chi connectivity index (χ2v) is 11.8. The third-order valence-corrected chi connectivity index (χ3v) is 9.32. The molecule has 2 saturated heterocycles. The highest BCUT2D eigenvalue weighted by Crippen LogP contribution is 2.55. The van der Waals surface area contributed by atoms with Crippen LogP contribution in [0.1, 0.15) is 44.2 Å². The van der Waals surface area contributed by atoms with Crippen LogP contribution in [0.4, 0.5) is 5.69 Å². The molecule has 2 aromatic rings. The van der Waals surface area contributed by atoms with Crippen LogP contribution in [0.15, 0.2) is 60.9 Å². The summed E-state index contributed by atoms with van der Waals surface area (Å²) in [6.07, 6.45) is 9.66. The van der Waals surface area contributed by atoms with E-state index in [1.807, 2.05) is 55.5 Å². The molecule has 2 N–H and O–H groups in total. The Kier molecular flexibility index (Phi) is 6.53. The average molecular weight is 529 g/mol. The van der Waals surface area contributed by atoms with Gasteiger partial charge in [-0.2, -0.15) is 0 Å². The first kappa shape index (κ1) is 25.7. The zero-order chi connectivity index (χ0) is 27.3. The average Bonchev–Trinajstić information content (AvgIpc) is 3.55. The summed E-state index contributed by atoms with van der Waals surface area (Å²) in [5.74, 6) is -1.39. The van der Waals surface area contributed by atoms with Gasteiger partial charge in [-0.15, -0.1) is 0 Å². The number of likely N-dealkylation sites (tertiary alicyclic amines) is 1. The van der Waals surface area contributed by atoms with E-state index in [9.17, 15) is 14.4 Å². The van der Waals surface area contributed by atoms with Gasteiger partial charge >= 0.3 is 0 Å². The molecule has 4 aliphatic rings. The van der Waals surface area contributed by atoms with Crippen molar-refractivity contribution in [3.05, 3.63) is 72.1 Å². The number of ether oxygens (including phenoxy) is 1. The molecule has 4 heterocycles. The van der Waals surface area contributed by atoms with Crippen molar-refractivity contribution >= 4 is 23.4 Å². The van der Waals surface area contributed by atoms with E-state index >= 15 is 0 Å². The molecule has 2 bridgehead atoms. The van der Waals surface area contributed by atoms with E-state index in [-0.39, 0.29) is 30.3 Å². The van der Waals surface area contributed by atoms with E-state index in [0.717, 1.165) is 30.4 Å². The molecule has 1 saturated carbocycles. The lowest BCUT2D eigenvalue weighted by molar-refractivity contribution is -0.142. The van der Waals surface area contributed by atoms with Gasteiger partial charge in [-0.3, -0.25) is 19.4 Å². The number of hydrogen-bond donors (Lipinski definition) is 2. The molecule has 3 amide bonds. The Balaban J connectivity index is 1.33. The minimum absolute atomic E-state index is 0.0371. The van der Waals surface area contributed by atoms with Crippen LogP contribution in [-0.2, 0) is 25.7 Å². The number of benzene rings is 1. The van der Waals surface area contributed by atoms with E-state index in [0.29, 0.717) is 17.5 Å². The van der Waals surface area contributed by atoms with Gasteiger partial charge in [0.05, 0.1) is 17.9 Å². The number of carbonyl (C=O) groups excluding carboxylic acids is 3. The van der Waals surface area contributed by atoms with Crippen LogP contribution >= 0.6 is 0 Å². The van der Waals surface area contributed by atoms with E-state index in [1.54, 1.807) is 17.3 Å². The van der Waals surface area contributed by atoms with Crippen LogP contribution in [0.5, 0.6) is 0 Å². The second-order valence-electron chi connectivity index (χ2n) is 11.8. The monoisotopic (exact) mass is 528 g/mol. The van der Waals surface area contributed by atoms with Crippen molar-refractivity contribution < 1.29 is 19.1 Å². The van der Waals surface area contributed by atoms with Gasteiger partial charge in [0.2, 0.25) is 17.7 Å². The third-order valence-electron chi connectivity index (χ3n) is 9.32. The quantitative estimate of drug-likeness (QED) is 0.558. The summed E-state index contributed by atoms with van der Waals surface area (Å²) >= 11 is 0. The number of aryl methyl sites for hydroxylation is 1. The van der Waals surface area contributed by atoms with Crippen LogP contribution < -0.4 is 10.6 Å². The molecule has 1 spiro atoms. The largest absolute Gasteiger partial charge is 0.359 e. The predicted molar refractivity (Wildman–Crippen MR) is 146 cm³/mol. The Morgan fingerprint density at radius 1 is 1.15 bits per heavy atom. The first-order valence-electron chi connectivity index (χ1n) is 14.0. The minimum atomic E-state index is -1.19. The Morgan fingerprint density at radius 2 is 2.00 bits per heavy atom. The van der Waals surface area contributed by atoms with Gasteiger partial charge in [-0.25, -0.2) is 0 Å². The molecule has 8 nitrogen and oxygen atoms in total. The van der Waals surface area contributed by atoms with Crippen LogP contribution in [0, 0.1) is 30.6 Å². The summed E-state index contributed by atoms with van der Waals surface area (Å²) < 4.78 is 6.48. The van der Waals surface area contributed by atoms with Gasteiger partial charge in [-0.05, 0) is 54.5 Å². The number of anilines is 1. The number of fused-ring (bicyclic) bond motifs is 1. The minimum Gasteiger partial charge on any atom is -0.359 e. The molecule has 8 atom stereocenters. The highest BCUT2D eigenvalue weighted by molar-refractivity contribution is 6.02. The second kappa shape index (κ2) is 9.90. The molecule has 3 aliphatic heterocycles. The predicted octanol–water partition coefficient (Wildman–Crippen LogP) is 3.62. The number of nitrogens with zero attached hydrogens (tertiary/aromatic N) is 2. The Bertz CT molecular complexity index is 1310. The Morgan fingerprint density at radius 3 is 2.77 bits per heavy atom. The van der Waals surface area contributed by atoms with Gasteiger partial charge in [0, 0.05) is 30.7 Å². The molecule has 0 unspecified atom stereocenters. The summed E-state index contributed by atoms with van der Waals surface area (Å²) in [6, 6.07) is 10.4. The number of aromatic nitrogens is 1. The summed E-state index contributed by atoms with van der Waals surface area (Å²) in [7, 11) is 0. The Hall–Kier alpha value is -3.52. The zero-order valence-electron chi connectivity index (χ0n) is 22.7. The molecule has 1 aromatic carbocycles. The lowest BCUT2D eigenvalue weighted by Crippen LogP contribution is -2.57. The van der Waals surface area contributed by atoms with Crippen molar-refractivity contribution in [2.45, 2.75) is 70.4 Å². The van der Waals surface area contributed by atoms with Crippen LogP contribution in [0.2, 0.25) is 0 Å². The smallest absolute Gasteiger partial charge is 0.246 e. The molecular formula is C31H36N4O4. The van der Waals surface area contributed by atoms with Crippen LogP contribution in [-0.4, -0.2) is 51.4 Å². The van der Waals surface area contributed by atoms with Crippen molar-refractivity contribution in [1.82, 2.24) is 15.2 Å². The van der Waals surface area contributed by atoms with E-state index in [2.05, 4.69) is 29.5 Å². The maximum Gasteiger partial charge on any atom is 0.246 e. The molecule has 3 fully saturated rings. The van der Waals surface area contributed by atoms with Gasteiger partial charge in [0.15, 0.2) is 0 Å². The number of pyridine rings is 1. The number of carbonyl (C=O) groups is 3. The van der Waals surface area contributed by atoms with Crippen molar-refractivity contribution in [1.29, 1.82) is 0 Å². The summed E-state index contributed by atoms with van der Waals surface area (Å²) in [4.78, 5) is 47.7. The summed E-state index contributed by atoms with van der Waals surface area (Å²) in [5.41, 5.74) is 1.33. The van der Waals surface area contributed by atoms with Gasteiger partial charge in [-0.1, -0.05) is 57.0 Å². The maximum absolute atomic E-state index is 14.2. The van der Waals surface area contributed by atoms with Crippen molar-refractivity contribution in [2.24, 2.45) is 23.7 Å². The third kappa shape index (κ3) is 4.35. The number of nitrogens with one attached hydrogen (secondary N) is 2. The lowest BCUT2D eigenvalue weighted by atomic mass is 9.73. The molecule has 6 rings (SSSR count). The van der Waals surface area contributed by atoms with E-state index in [4.69, 9.17) is 4.74 Å². The topological polar surface area (TPSA) is 101 Å². The summed E-state index contributed by atoms with van der Waals surface area (Å²) in [5, 5.41) is 6.29. The van der Waals surface area contributed by atoms with E-state index in [1.165, 1.54) is 0 Å². The highest BCUT2D eigenvalue weighted by Gasteiger charge is 2.72. The molecule has 0 radical (unpaired) electrons. The lowest BCUT2D eigenvalue weighted by Gasteiger charge is -2.38. The molecular weight excluding hydrogens is 492 g/mol. The number of rotatable bonds is 6. The SMILES string of the molecule is Cc1cccc(NC(=O)[C@H]2[C@H]3C=C[C@@]4(O3)[C@H]2C(=O)N(Cc2cccnc2)[C@@H]4C(=O)N[C@@H]2CCC[C@@H](C)[C@@H]2C)c1. The maximum atomic E-state index is 14.2. The standard InChI is InChI=1S/C31H36N4O4/c1-18-7-4-10-22(15-18)33-28(36)25-24-12-13-31(39-24)26(25)30(38)35(17-21-9-6-14-32-16-21)27(31)29(37)34-23-11-5-8-19(2)20(23)3/h4,6-7,9-10,12-16,19-20,23-27H,5,8,11,17H2,1-3H3,(H,33,36)(H,34,37)/t19-,20+,23-,24-,25+,26-,27-,31-/m1/s1. The highest BCUT2D eigenvalue weighted by atomic mass is 16.5. The first-order valence-corrected chi connectivity index (χ1v) is 14.0. The van der Waals surface area contributed by atoms with Gasteiger partial charge in [0.1, 0.15) is 11.6 Å².